The second-order valence-corrected chi connectivity index (χ2v) is 2.84. The predicted molar refractivity (Wildman–Crippen MR) is 42.0 cm³/mol. The van der Waals surface area contributed by atoms with Crippen LogP contribution in [0.2, 0.25) is 0 Å². The van der Waals surface area contributed by atoms with E-state index in [0.717, 1.165) is 5.01 Å². The molecule has 2 rings (SSSR count). The van der Waals surface area contributed by atoms with Gasteiger partial charge in [-0.05, 0) is 0 Å². The smallest absolute Gasteiger partial charge is 0.218 e. The molecule has 11 heavy (non-hydrogen) atoms. The Morgan fingerprint density at radius 1 is 1.55 bits per heavy atom. The van der Waals surface area contributed by atoms with Crippen LogP contribution >= 0.6 is 11.3 Å². The lowest BCUT2D eigenvalue weighted by Crippen LogP contribution is -1.82. The van der Waals surface area contributed by atoms with Gasteiger partial charge in [-0.3, -0.25) is 0 Å². The summed E-state index contributed by atoms with van der Waals surface area (Å²) in [5.74, 6) is 0.556. The Hall–Kier alpha value is -1.36. The van der Waals surface area contributed by atoms with E-state index in [1.807, 2.05) is 5.38 Å². The molecule has 0 atom stereocenters. The summed E-state index contributed by atoms with van der Waals surface area (Å²) in [7, 11) is 0. The summed E-state index contributed by atoms with van der Waals surface area (Å²) in [5, 5.41) is 6.17. The fraction of sp³-hybridized carbons (Fsp3) is 0. The van der Waals surface area contributed by atoms with Crippen molar-refractivity contribution >= 4 is 17.0 Å². The molecule has 56 valence electrons. The van der Waals surface area contributed by atoms with E-state index in [1.165, 1.54) is 17.5 Å². The summed E-state index contributed by atoms with van der Waals surface area (Å²) >= 11 is 1.47. The highest BCUT2D eigenvalue weighted by Gasteiger charge is 2.08. The van der Waals surface area contributed by atoms with Crippen LogP contribution in [-0.2, 0) is 0 Å². The van der Waals surface area contributed by atoms with E-state index in [9.17, 15) is 0 Å². The number of rotatable bonds is 1. The topological polar surface area (TPSA) is 64.9 Å². The van der Waals surface area contributed by atoms with Crippen molar-refractivity contribution in [3.05, 3.63) is 17.8 Å². The van der Waals surface area contributed by atoms with Gasteiger partial charge in [0.2, 0.25) is 5.76 Å². The molecule has 2 heterocycles. The lowest BCUT2D eigenvalue weighted by molar-refractivity contribution is 0.432. The molecule has 0 unspecified atom stereocenters. The van der Waals surface area contributed by atoms with Crippen LogP contribution in [-0.4, -0.2) is 10.1 Å². The summed E-state index contributed by atoms with van der Waals surface area (Å²) in [6.45, 7) is 0. The third-order valence-electron chi connectivity index (χ3n) is 1.22. The fourth-order valence-corrected chi connectivity index (χ4v) is 1.38. The van der Waals surface area contributed by atoms with Gasteiger partial charge >= 0.3 is 0 Å². The van der Waals surface area contributed by atoms with E-state index >= 15 is 0 Å². The van der Waals surface area contributed by atoms with E-state index < -0.39 is 0 Å². The van der Waals surface area contributed by atoms with Gasteiger partial charge in [-0.25, -0.2) is 4.98 Å². The summed E-state index contributed by atoms with van der Waals surface area (Å²) < 4.78 is 4.88. The van der Waals surface area contributed by atoms with Crippen molar-refractivity contribution in [2.24, 2.45) is 0 Å². The minimum atomic E-state index is 0.528. The Morgan fingerprint density at radius 3 is 3.00 bits per heavy atom. The number of hydrogen-bond acceptors (Lipinski definition) is 5. The van der Waals surface area contributed by atoms with Gasteiger partial charge in [-0.15, -0.1) is 11.3 Å². The van der Waals surface area contributed by atoms with Gasteiger partial charge in [0.05, 0.1) is 6.20 Å². The van der Waals surface area contributed by atoms with Crippen LogP contribution in [0.4, 0.5) is 5.69 Å². The maximum absolute atomic E-state index is 5.54. The van der Waals surface area contributed by atoms with Gasteiger partial charge in [0.1, 0.15) is 5.69 Å². The molecule has 0 fully saturated rings. The molecule has 0 aromatic carbocycles. The molecule has 0 aliphatic carbocycles. The number of aromatic nitrogens is 2. The monoisotopic (exact) mass is 167 g/mol. The Kier molecular flexibility index (Phi) is 1.36. The van der Waals surface area contributed by atoms with Crippen LogP contribution in [0.15, 0.2) is 22.3 Å². The van der Waals surface area contributed by atoms with Crippen LogP contribution in [0, 0.1) is 0 Å². The third-order valence-corrected chi connectivity index (χ3v) is 2.00. The highest BCUT2D eigenvalue weighted by atomic mass is 32.1. The number of anilines is 1. The molecule has 2 aromatic rings. The molecule has 2 N–H and O–H groups in total. The highest BCUT2D eigenvalue weighted by molar-refractivity contribution is 7.13. The Bertz CT molecular complexity index is 340. The van der Waals surface area contributed by atoms with E-state index in [0.29, 0.717) is 11.4 Å². The average molecular weight is 167 g/mol. The quantitative estimate of drug-likeness (QED) is 0.696. The zero-order valence-corrected chi connectivity index (χ0v) is 6.34. The zero-order valence-electron chi connectivity index (χ0n) is 5.52. The molecule has 0 radical (unpaired) electrons. The lowest BCUT2D eigenvalue weighted by atomic mass is 10.4. The minimum Gasteiger partial charge on any atom is -0.394 e. The Morgan fingerprint density at radius 2 is 2.45 bits per heavy atom. The third kappa shape index (κ3) is 0.988. The molecule has 2 aromatic heterocycles. The second kappa shape index (κ2) is 2.35. The standard InChI is InChI=1S/C6H5N3OS/c7-4-3-9-10-5(4)6-8-1-2-11-6/h1-3H,7H2. The summed E-state index contributed by atoms with van der Waals surface area (Å²) in [6.07, 6.45) is 3.17. The number of nitrogen functional groups attached to an aromatic ring is 1. The molecule has 5 heteroatoms. The molecule has 0 saturated heterocycles. The maximum Gasteiger partial charge on any atom is 0.218 e. The number of thiazole rings is 1. The van der Waals surface area contributed by atoms with Gasteiger partial charge in [0.25, 0.3) is 0 Å². The van der Waals surface area contributed by atoms with Gasteiger partial charge < -0.3 is 10.3 Å². The fourth-order valence-electron chi connectivity index (χ4n) is 0.745. The molecular weight excluding hydrogens is 162 g/mol. The van der Waals surface area contributed by atoms with Crippen molar-refractivity contribution in [1.82, 2.24) is 10.1 Å². The largest absolute Gasteiger partial charge is 0.394 e. The van der Waals surface area contributed by atoms with Crippen LogP contribution in [0.25, 0.3) is 10.8 Å². The van der Waals surface area contributed by atoms with Crippen molar-refractivity contribution in [2.75, 3.05) is 5.73 Å². The molecule has 0 saturated carbocycles. The van der Waals surface area contributed by atoms with Crippen molar-refractivity contribution < 1.29 is 4.52 Å². The van der Waals surface area contributed by atoms with E-state index in [-0.39, 0.29) is 0 Å². The molecule has 0 spiro atoms. The number of hydrogen-bond donors (Lipinski definition) is 1. The maximum atomic E-state index is 5.54. The zero-order chi connectivity index (χ0) is 7.68. The Balaban J connectivity index is 2.53. The van der Waals surface area contributed by atoms with Gasteiger partial charge in [-0.2, -0.15) is 0 Å². The second-order valence-electron chi connectivity index (χ2n) is 1.95. The van der Waals surface area contributed by atoms with Gasteiger partial charge in [0.15, 0.2) is 5.01 Å². The van der Waals surface area contributed by atoms with Crippen molar-refractivity contribution in [2.45, 2.75) is 0 Å². The minimum absolute atomic E-state index is 0.528. The van der Waals surface area contributed by atoms with Crippen molar-refractivity contribution in [3.63, 3.8) is 0 Å². The van der Waals surface area contributed by atoms with Crippen LogP contribution < -0.4 is 5.73 Å². The van der Waals surface area contributed by atoms with Crippen molar-refractivity contribution in [1.29, 1.82) is 0 Å². The first-order chi connectivity index (χ1) is 5.38. The predicted octanol–water partition coefficient (Wildman–Crippen LogP) is 1.38. The number of nitrogens with two attached hydrogens (primary N) is 1. The first-order valence-electron chi connectivity index (χ1n) is 2.98. The summed E-state index contributed by atoms with van der Waals surface area (Å²) in [5.41, 5.74) is 6.07. The summed E-state index contributed by atoms with van der Waals surface area (Å²) in [6, 6.07) is 0. The highest BCUT2D eigenvalue weighted by Crippen LogP contribution is 2.26. The van der Waals surface area contributed by atoms with Gasteiger partial charge in [-0.1, -0.05) is 5.16 Å². The first kappa shape index (κ1) is 6.36. The summed E-state index contributed by atoms with van der Waals surface area (Å²) in [4.78, 5) is 4.02. The van der Waals surface area contributed by atoms with Crippen LogP contribution in [0.1, 0.15) is 0 Å². The first-order valence-corrected chi connectivity index (χ1v) is 3.86. The Labute approximate surface area is 66.7 Å². The molecule has 0 aliphatic rings. The van der Waals surface area contributed by atoms with E-state index in [2.05, 4.69) is 10.1 Å². The van der Waals surface area contributed by atoms with Crippen LogP contribution in [0.3, 0.4) is 0 Å². The molecule has 0 aliphatic heterocycles. The normalized spacial score (nSPS) is 10.2. The van der Waals surface area contributed by atoms with Crippen molar-refractivity contribution in [3.8, 4) is 10.8 Å². The molecular formula is C6H5N3OS. The van der Waals surface area contributed by atoms with Gasteiger partial charge in [0, 0.05) is 11.6 Å². The SMILES string of the molecule is Nc1cnoc1-c1nccs1. The molecule has 4 nitrogen and oxygen atoms in total. The van der Waals surface area contributed by atoms with E-state index in [1.54, 1.807) is 6.20 Å². The molecule has 0 bridgehead atoms. The average Bonchev–Trinajstić information content (AvgIpc) is 2.55. The number of nitrogens with zero attached hydrogens (tertiary/aromatic N) is 2. The molecule has 0 amide bonds. The lowest BCUT2D eigenvalue weighted by Gasteiger charge is -1.86. The van der Waals surface area contributed by atoms with E-state index in [4.69, 9.17) is 10.3 Å². The van der Waals surface area contributed by atoms with Crippen LogP contribution in [0.5, 0.6) is 0 Å².